The van der Waals surface area contributed by atoms with Gasteiger partial charge >= 0.3 is 0 Å². The number of rotatable bonds is 0. The van der Waals surface area contributed by atoms with Crippen molar-refractivity contribution < 1.29 is 0 Å². The summed E-state index contributed by atoms with van der Waals surface area (Å²) in [6.45, 7) is 0. The van der Waals surface area contributed by atoms with Gasteiger partial charge in [0.2, 0.25) is 0 Å². The maximum atomic E-state index is 5.19. The molecule has 0 aromatic heterocycles. The molecule has 1 rings (SSSR count). The van der Waals surface area contributed by atoms with Crippen molar-refractivity contribution in [1.82, 2.24) is 16.1 Å². The van der Waals surface area contributed by atoms with Crippen molar-refractivity contribution in [3.8, 4) is 0 Å². The fourth-order valence-electron chi connectivity index (χ4n) is 0.343. The van der Waals surface area contributed by atoms with Gasteiger partial charge in [0.1, 0.15) is 5.82 Å². The zero-order valence-corrected chi connectivity index (χ0v) is 3.68. The number of hydrogen-bond acceptors (Lipinski definition) is 5. The standard InChI is InChI=1S/C2H7N5/c3-2-1-7(4)6-5-2/h1,5-6H,3-4H2. The lowest BCUT2D eigenvalue weighted by atomic mass is 10.8. The highest BCUT2D eigenvalue weighted by Gasteiger charge is 1.99. The lowest BCUT2D eigenvalue weighted by Crippen LogP contribution is -2.41. The molecule has 0 aromatic rings. The van der Waals surface area contributed by atoms with E-state index in [1.807, 2.05) is 0 Å². The third-order valence-electron chi connectivity index (χ3n) is 0.608. The lowest BCUT2D eigenvalue weighted by molar-refractivity contribution is 0.279. The molecule has 0 unspecified atom stereocenters. The average molecular weight is 101 g/mol. The van der Waals surface area contributed by atoms with E-state index in [0.29, 0.717) is 5.82 Å². The Hall–Kier alpha value is -0.940. The Kier molecular flexibility index (Phi) is 0.775. The number of nitrogens with one attached hydrogen (secondary N) is 2. The summed E-state index contributed by atoms with van der Waals surface area (Å²) in [5, 5.41) is 1.23. The van der Waals surface area contributed by atoms with Gasteiger partial charge in [0.15, 0.2) is 0 Å². The highest BCUT2D eigenvalue weighted by atomic mass is 15.8. The van der Waals surface area contributed by atoms with E-state index in [1.165, 1.54) is 11.3 Å². The van der Waals surface area contributed by atoms with E-state index in [0.717, 1.165) is 0 Å². The summed E-state index contributed by atoms with van der Waals surface area (Å²) in [5.41, 5.74) is 10.3. The minimum absolute atomic E-state index is 0.516. The predicted octanol–water partition coefficient (Wildman–Crippen LogP) is -2.06. The minimum Gasteiger partial charge on any atom is -0.383 e. The molecule has 0 bridgehead atoms. The zero-order chi connectivity index (χ0) is 5.28. The molecule has 0 fully saturated rings. The number of nitrogens with zero attached hydrogens (tertiary/aromatic N) is 1. The van der Waals surface area contributed by atoms with Crippen LogP contribution in [0.2, 0.25) is 0 Å². The van der Waals surface area contributed by atoms with Crippen LogP contribution in [0.25, 0.3) is 0 Å². The highest BCUT2D eigenvalue weighted by Crippen LogP contribution is 1.82. The molecule has 0 saturated heterocycles. The van der Waals surface area contributed by atoms with E-state index < -0.39 is 0 Å². The molecule has 0 spiro atoms. The second-order valence-corrected chi connectivity index (χ2v) is 1.23. The van der Waals surface area contributed by atoms with Crippen LogP contribution in [0, 0.1) is 0 Å². The van der Waals surface area contributed by atoms with Crippen LogP contribution in [-0.2, 0) is 0 Å². The van der Waals surface area contributed by atoms with Gasteiger partial charge in [0.05, 0.1) is 6.20 Å². The molecule has 0 aromatic carbocycles. The Bertz CT molecular complexity index is 96.3. The molecule has 40 valence electrons. The van der Waals surface area contributed by atoms with Gasteiger partial charge in [-0.25, -0.2) is 11.0 Å². The van der Waals surface area contributed by atoms with Crippen LogP contribution < -0.4 is 22.5 Å². The molecule has 0 saturated carbocycles. The van der Waals surface area contributed by atoms with Gasteiger partial charge in [-0.2, -0.15) is 0 Å². The van der Waals surface area contributed by atoms with Crippen LogP contribution in [0.5, 0.6) is 0 Å². The minimum atomic E-state index is 0.516. The van der Waals surface area contributed by atoms with E-state index >= 15 is 0 Å². The van der Waals surface area contributed by atoms with E-state index in [9.17, 15) is 0 Å². The molecule has 0 amide bonds. The van der Waals surface area contributed by atoms with Gasteiger partial charge in [-0.3, -0.25) is 5.43 Å². The second kappa shape index (κ2) is 1.28. The summed E-state index contributed by atoms with van der Waals surface area (Å²) in [6.07, 6.45) is 1.53. The normalized spacial score (nSPS) is 19.0. The average Bonchev–Trinajstić information content (AvgIpc) is 1.87. The summed E-state index contributed by atoms with van der Waals surface area (Å²) in [4.78, 5) is 0. The van der Waals surface area contributed by atoms with E-state index in [2.05, 4.69) is 11.0 Å². The molecule has 5 heteroatoms. The molecular weight excluding hydrogens is 94.1 g/mol. The fourth-order valence-corrected chi connectivity index (χ4v) is 0.343. The number of hydrogen-bond donors (Lipinski definition) is 4. The monoisotopic (exact) mass is 101 g/mol. The first-order valence-electron chi connectivity index (χ1n) is 1.82. The summed E-state index contributed by atoms with van der Waals surface area (Å²) in [7, 11) is 0. The summed E-state index contributed by atoms with van der Waals surface area (Å²) >= 11 is 0. The third-order valence-corrected chi connectivity index (χ3v) is 0.608. The molecule has 0 radical (unpaired) electrons. The van der Waals surface area contributed by atoms with Crippen molar-refractivity contribution in [3.05, 3.63) is 12.0 Å². The second-order valence-electron chi connectivity index (χ2n) is 1.23. The Balaban J connectivity index is 2.50. The Morgan fingerprint density at radius 2 is 2.43 bits per heavy atom. The Labute approximate surface area is 40.9 Å². The molecule has 1 aliphatic rings. The zero-order valence-electron chi connectivity index (χ0n) is 3.68. The quantitative estimate of drug-likeness (QED) is 0.264. The van der Waals surface area contributed by atoms with Crippen LogP contribution in [0.4, 0.5) is 0 Å². The van der Waals surface area contributed by atoms with E-state index in [1.54, 1.807) is 0 Å². The number of nitrogens with two attached hydrogens (primary N) is 2. The predicted molar refractivity (Wildman–Crippen MR) is 24.6 cm³/mol. The van der Waals surface area contributed by atoms with Gasteiger partial charge in [-0.05, 0) is 0 Å². The van der Waals surface area contributed by atoms with Crippen LogP contribution in [0.15, 0.2) is 12.0 Å². The van der Waals surface area contributed by atoms with E-state index in [-0.39, 0.29) is 0 Å². The van der Waals surface area contributed by atoms with Gasteiger partial charge in [-0.15, -0.1) is 5.53 Å². The van der Waals surface area contributed by atoms with Crippen molar-refractivity contribution in [2.45, 2.75) is 0 Å². The van der Waals surface area contributed by atoms with Crippen molar-refractivity contribution in [3.63, 3.8) is 0 Å². The summed E-state index contributed by atoms with van der Waals surface area (Å²) < 4.78 is 0. The largest absolute Gasteiger partial charge is 0.383 e. The van der Waals surface area contributed by atoms with Gasteiger partial charge in [-0.1, -0.05) is 0 Å². The first-order chi connectivity index (χ1) is 3.29. The molecule has 0 aliphatic carbocycles. The first-order valence-corrected chi connectivity index (χ1v) is 1.82. The van der Waals surface area contributed by atoms with Crippen molar-refractivity contribution in [2.75, 3.05) is 0 Å². The Morgan fingerprint density at radius 3 is 2.57 bits per heavy atom. The van der Waals surface area contributed by atoms with Gasteiger partial charge in [0.25, 0.3) is 0 Å². The summed E-state index contributed by atoms with van der Waals surface area (Å²) in [6, 6.07) is 0. The molecule has 6 N–H and O–H groups in total. The van der Waals surface area contributed by atoms with Crippen molar-refractivity contribution in [1.29, 1.82) is 0 Å². The van der Waals surface area contributed by atoms with Crippen LogP contribution in [0.3, 0.4) is 0 Å². The molecule has 1 heterocycles. The first kappa shape index (κ1) is 4.23. The van der Waals surface area contributed by atoms with Gasteiger partial charge in [0, 0.05) is 0 Å². The topological polar surface area (TPSA) is 79.3 Å². The van der Waals surface area contributed by atoms with Gasteiger partial charge < -0.3 is 5.73 Å². The molecule has 7 heavy (non-hydrogen) atoms. The molecular formula is C2H7N5. The van der Waals surface area contributed by atoms with Crippen molar-refractivity contribution in [2.24, 2.45) is 11.6 Å². The smallest absolute Gasteiger partial charge is 0.132 e. The maximum absolute atomic E-state index is 5.19. The molecule has 5 nitrogen and oxygen atoms in total. The van der Waals surface area contributed by atoms with Crippen LogP contribution in [0.1, 0.15) is 0 Å². The third kappa shape index (κ3) is 0.729. The fraction of sp³-hybridized carbons (Fsp3) is 0. The lowest BCUT2D eigenvalue weighted by Gasteiger charge is -2.03. The Morgan fingerprint density at radius 1 is 1.71 bits per heavy atom. The highest BCUT2D eigenvalue weighted by molar-refractivity contribution is 4.93. The molecule has 1 aliphatic heterocycles. The van der Waals surface area contributed by atoms with Crippen LogP contribution >= 0.6 is 0 Å². The van der Waals surface area contributed by atoms with E-state index in [4.69, 9.17) is 11.6 Å². The number of hydrazine groups is 3. The maximum Gasteiger partial charge on any atom is 0.132 e. The van der Waals surface area contributed by atoms with Crippen LogP contribution in [-0.4, -0.2) is 5.12 Å². The SMILES string of the molecule is NC1=CN(N)NN1. The van der Waals surface area contributed by atoms with Crippen molar-refractivity contribution >= 4 is 0 Å². The summed E-state index contributed by atoms with van der Waals surface area (Å²) in [5.74, 6) is 5.64. The molecule has 0 atom stereocenters.